The Morgan fingerprint density at radius 3 is 2.67 bits per heavy atom. The van der Waals surface area contributed by atoms with E-state index in [2.05, 4.69) is 10.3 Å². The largest absolute Gasteiger partial charge is 0.476 e. The predicted octanol–water partition coefficient (Wildman–Crippen LogP) is 2.50. The van der Waals surface area contributed by atoms with E-state index < -0.39 is 12.7 Å². The summed E-state index contributed by atoms with van der Waals surface area (Å²) < 4.78 is 42.3. The molecule has 1 aliphatic rings. The maximum atomic E-state index is 12.3. The van der Waals surface area contributed by atoms with Crippen molar-refractivity contribution >= 4 is 17.5 Å². The number of alkyl halides is 3. The van der Waals surface area contributed by atoms with Crippen molar-refractivity contribution in [3.8, 4) is 5.88 Å². The number of nitrogens with one attached hydrogen (secondary N) is 1. The summed E-state index contributed by atoms with van der Waals surface area (Å²) in [5.74, 6) is 0.0200. The fraction of sp³-hybridized carbons (Fsp3) is 0.600. The molecule has 5 nitrogen and oxygen atoms in total. The van der Waals surface area contributed by atoms with Gasteiger partial charge in [0, 0.05) is 18.2 Å². The third-order valence-electron chi connectivity index (χ3n) is 3.71. The van der Waals surface area contributed by atoms with Crippen molar-refractivity contribution in [1.29, 1.82) is 0 Å². The molecule has 0 spiro atoms. The van der Waals surface area contributed by atoms with Gasteiger partial charge in [-0.05, 0) is 32.0 Å². The molecule has 1 N–H and O–H groups in total. The van der Waals surface area contributed by atoms with Crippen molar-refractivity contribution in [2.24, 2.45) is 5.92 Å². The minimum Gasteiger partial charge on any atom is -0.476 e. The van der Waals surface area contributed by atoms with Gasteiger partial charge in [-0.3, -0.25) is 9.69 Å². The van der Waals surface area contributed by atoms with Crippen LogP contribution in [0.2, 0.25) is 5.02 Å². The number of piperidine rings is 1. The molecule has 1 aromatic rings. The Morgan fingerprint density at radius 1 is 1.38 bits per heavy atom. The highest BCUT2D eigenvalue weighted by atomic mass is 35.5. The lowest BCUT2D eigenvalue weighted by atomic mass is 9.96. The first-order valence-corrected chi connectivity index (χ1v) is 8.02. The molecule has 0 saturated carbocycles. The number of halogens is 4. The minimum absolute atomic E-state index is 0.144. The third kappa shape index (κ3) is 6.52. The van der Waals surface area contributed by atoms with Crippen molar-refractivity contribution in [3.63, 3.8) is 0 Å². The number of rotatable bonds is 6. The van der Waals surface area contributed by atoms with Crippen molar-refractivity contribution in [1.82, 2.24) is 15.2 Å². The lowest BCUT2D eigenvalue weighted by Gasteiger charge is -2.31. The molecule has 0 atom stereocenters. The van der Waals surface area contributed by atoms with E-state index in [4.69, 9.17) is 16.3 Å². The van der Waals surface area contributed by atoms with Crippen LogP contribution in [-0.2, 0) is 4.79 Å². The molecule has 1 aromatic heterocycles. The van der Waals surface area contributed by atoms with Gasteiger partial charge in [0.1, 0.15) is 6.61 Å². The lowest BCUT2D eigenvalue weighted by Crippen LogP contribution is -2.44. The average Bonchev–Trinajstić information content (AvgIpc) is 2.52. The number of amides is 1. The minimum atomic E-state index is -4.19. The standard InChI is InChI=1S/C15H19ClF3N3O2/c16-12-1-2-13(21-9-12)24-8-5-20-14(23)11-3-6-22(7-4-11)10-15(17,18)19/h1-2,9,11H,3-8,10H2,(H,20,23). The van der Waals surface area contributed by atoms with Gasteiger partial charge in [0.15, 0.2) is 0 Å². The van der Waals surface area contributed by atoms with E-state index >= 15 is 0 Å². The Balaban J connectivity index is 1.62. The molecule has 24 heavy (non-hydrogen) atoms. The van der Waals surface area contributed by atoms with E-state index in [0.717, 1.165) is 0 Å². The molecule has 1 aliphatic heterocycles. The summed E-state index contributed by atoms with van der Waals surface area (Å²) in [4.78, 5) is 17.3. The summed E-state index contributed by atoms with van der Waals surface area (Å²) in [5.41, 5.74) is 0. The van der Waals surface area contributed by atoms with E-state index in [-0.39, 0.29) is 31.5 Å². The van der Waals surface area contributed by atoms with E-state index in [1.54, 1.807) is 12.1 Å². The molecule has 0 radical (unpaired) electrons. The molecule has 0 aromatic carbocycles. The quantitative estimate of drug-likeness (QED) is 0.787. The van der Waals surface area contributed by atoms with Crippen LogP contribution < -0.4 is 10.1 Å². The van der Waals surface area contributed by atoms with Crippen LogP contribution in [0, 0.1) is 5.92 Å². The van der Waals surface area contributed by atoms with Crippen molar-refractivity contribution in [3.05, 3.63) is 23.4 Å². The zero-order chi connectivity index (χ0) is 17.6. The smallest absolute Gasteiger partial charge is 0.401 e. The molecule has 0 aliphatic carbocycles. The SMILES string of the molecule is O=C(NCCOc1ccc(Cl)cn1)C1CCN(CC(F)(F)F)CC1. The van der Waals surface area contributed by atoms with E-state index in [0.29, 0.717) is 30.3 Å². The maximum absolute atomic E-state index is 12.3. The number of hydrogen-bond donors (Lipinski definition) is 1. The van der Waals surface area contributed by atoms with Crippen LogP contribution in [0.3, 0.4) is 0 Å². The van der Waals surface area contributed by atoms with Crippen LogP contribution in [0.4, 0.5) is 13.2 Å². The van der Waals surface area contributed by atoms with Gasteiger partial charge in [-0.25, -0.2) is 4.98 Å². The Hall–Kier alpha value is -1.54. The Labute approximate surface area is 143 Å². The number of aromatic nitrogens is 1. The van der Waals surface area contributed by atoms with Gasteiger partial charge in [-0.1, -0.05) is 11.6 Å². The average molecular weight is 366 g/mol. The molecule has 0 unspecified atom stereocenters. The van der Waals surface area contributed by atoms with Crippen LogP contribution in [0.1, 0.15) is 12.8 Å². The molecule has 9 heteroatoms. The monoisotopic (exact) mass is 365 g/mol. The number of carbonyl (C=O) groups is 1. The van der Waals surface area contributed by atoms with Crippen LogP contribution in [0.25, 0.3) is 0 Å². The first kappa shape index (κ1) is 18.8. The summed E-state index contributed by atoms with van der Waals surface area (Å²) in [5, 5.41) is 3.25. The van der Waals surface area contributed by atoms with Gasteiger partial charge in [-0.15, -0.1) is 0 Å². The Bertz CT molecular complexity index is 532. The fourth-order valence-electron chi connectivity index (χ4n) is 2.53. The van der Waals surface area contributed by atoms with Crippen molar-refractivity contribution in [2.45, 2.75) is 19.0 Å². The first-order chi connectivity index (χ1) is 11.3. The van der Waals surface area contributed by atoms with Crippen LogP contribution in [-0.4, -0.2) is 54.8 Å². The predicted molar refractivity (Wildman–Crippen MR) is 83.0 cm³/mol. The van der Waals surface area contributed by atoms with Crippen molar-refractivity contribution < 1.29 is 22.7 Å². The summed E-state index contributed by atoms with van der Waals surface area (Å²) in [6.45, 7) is 0.216. The highest BCUT2D eigenvalue weighted by Crippen LogP contribution is 2.22. The molecular weight excluding hydrogens is 347 g/mol. The normalized spacial score (nSPS) is 16.8. The van der Waals surface area contributed by atoms with Crippen LogP contribution in [0.15, 0.2) is 18.3 Å². The molecule has 134 valence electrons. The highest BCUT2D eigenvalue weighted by molar-refractivity contribution is 6.30. The fourth-order valence-corrected chi connectivity index (χ4v) is 2.64. The number of carbonyl (C=O) groups excluding carboxylic acids is 1. The number of hydrogen-bond acceptors (Lipinski definition) is 4. The van der Waals surface area contributed by atoms with E-state index in [9.17, 15) is 18.0 Å². The second-order valence-corrected chi connectivity index (χ2v) is 6.06. The summed E-state index contributed by atoms with van der Waals surface area (Å²) in [6, 6.07) is 3.28. The molecular formula is C15H19ClF3N3O2. The van der Waals surface area contributed by atoms with Gasteiger partial charge in [0.25, 0.3) is 0 Å². The second-order valence-electron chi connectivity index (χ2n) is 5.62. The molecule has 1 amide bonds. The summed E-state index contributed by atoms with van der Waals surface area (Å²) in [6.07, 6.45) is -1.87. The van der Waals surface area contributed by atoms with Crippen LogP contribution >= 0.6 is 11.6 Å². The Kier molecular flexibility index (Phi) is 6.68. The van der Waals surface area contributed by atoms with Crippen molar-refractivity contribution in [2.75, 3.05) is 32.8 Å². The van der Waals surface area contributed by atoms with Crippen LogP contribution in [0.5, 0.6) is 5.88 Å². The number of nitrogens with zero attached hydrogens (tertiary/aromatic N) is 2. The first-order valence-electron chi connectivity index (χ1n) is 7.64. The van der Waals surface area contributed by atoms with E-state index in [1.807, 2.05) is 0 Å². The van der Waals surface area contributed by atoms with Gasteiger partial charge < -0.3 is 10.1 Å². The van der Waals surface area contributed by atoms with Gasteiger partial charge in [0.05, 0.1) is 18.1 Å². The van der Waals surface area contributed by atoms with Gasteiger partial charge in [-0.2, -0.15) is 13.2 Å². The number of likely N-dealkylation sites (tertiary alicyclic amines) is 1. The molecule has 1 saturated heterocycles. The zero-order valence-corrected chi connectivity index (χ0v) is 13.7. The number of ether oxygens (including phenoxy) is 1. The highest BCUT2D eigenvalue weighted by Gasteiger charge is 2.33. The topological polar surface area (TPSA) is 54.5 Å². The zero-order valence-electron chi connectivity index (χ0n) is 13.0. The molecule has 0 bridgehead atoms. The van der Waals surface area contributed by atoms with Gasteiger partial charge >= 0.3 is 6.18 Å². The molecule has 2 heterocycles. The lowest BCUT2D eigenvalue weighted by molar-refractivity contribution is -0.149. The van der Waals surface area contributed by atoms with E-state index in [1.165, 1.54) is 11.1 Å². The summed E-state index contributed by atoms with van der Waals surface area (Å²) in [7, 11) is 0. The molecule has 2 rings (SSSR count). The number of pyridine rings is 1. The second kappa shape index (κ2) is 8.53. The summed E-state index contributed by atoms with van der Waals surface area (Å²) >= 11 is 5.71. The third-order valence-corrected chi connectivity index (χ3v) is 3.94. The maximum Gasteiger partial charge on any atom is 0.401 e. The van der Waals surface area contributed by atoms with Gasteiger partial charge in [0.2, 0.25) is 11.8 Å². The molecule has 1 fully saturated rings. The Morgan fingerprint density at radius 2 is 2.08 bits per heavy atom.